The van der Waals surface area contributed by atoms with E-state index in [9.17, 15) is 24.2 Å². The van der Waals surface area contributed by atoms with Crippen molar-refractivity contribution in [3.8, 4) is 0 Å². The Labute approximate surface area is 164 Å². The van der Waals surface area contributed by atoms with E-state index in [-0.39, 0.29) is 23.5 Å². The van der Waals surface area contributed by atoms with Gasteiger partial charge in [-0.3, -0.25) is 4.79 Å². The van der Waals surface area contributed by atoms with Crippen LogP contribution in [-0.4, -0.2) is 26.7 Å². The van der Waals surface area contributed by atoms with E-state index in [0.717, 1.165) is 0 Å². The summed E-state index contributed by atoms with van der Waals surface area (Å²) in [6.45, 7) is 0.154. The summed E-state index contributed by atoms with van der Waals surface area (Å²) in [4.78, 5) is 23.5. The Morgan fingerprint density at radius 1 is 0.966 bits per heavy atom. The second-order valence-electron chi connectivity index (χ2n) is 6.72. The van der Waals surface area contributed by atoms with Crippen LogP contribution in [0.2, 0.25) is 0 Å². The lowest BCUT2D eigenvalue weighted by Gasteiger charge is -2.10. The molecule has 1 heterocycles. The first-order valence-corrected chi connectivity index (χ1v) is 8.88. The molecule has 4 N–H and O–H groups in total. The van der Waals surface area contributed by atoms with E-state index in [4.69, 9.17) is 5.73 Å². The molecule has 1 aromatic heterocycles. The summed E-state index contributed by atoms with van der Waals surface area (Å²) in [5, 5.41) is 20.4. The third-order valence-electron chi connectivity index (χ3n) is 5.03. The maximum atomic E-state index is 14.3. The zero-order valence-electron chi connectivity index (χ0n) is 15.2. The molecule has 0 saturated heterocycles. The van der Waals surface area contributed by atoms with Crippen molar-refractivity contribution in [1.82, 2.24) is 4.57 Å². The lowest BCUT2D eigenvalue weighted by molar-refractivity contribution is -0.146. The Morgan fingerprint density at radius 2 is 1.62 bits per heavy atom. The number of hydrogen-bond acceptors (Lipinski definition) is 3. The standard InChI is InChI=1S/C22H17FN2O4/c23-15-8-2-1-5-12(15)11-25-16-9-3-6-13(20(26)22(28)29)18(16)19-14(21(24)27)7-4-10-17(19)25/h1-10,20,26H,11H2,(H2,24,27)(H,28,29). The quantitative estimate of drug-likeness (QED) is 0.485. The van der Waals surface area contributed by atoms with Crippen molar-refractivity contribution in [1.29, 1.82) is 0 Å². The highest BCUT2D eigenvalue weighted by Gasteiger charge is 2.24. The molecule has 0 aliphatic carbocycles. The van der Waals surface area contributed by atoms with Crippen LogP contribution in [0.15, 0.2) is 60.7 Å². The Balaban J connectivity index is 2.12. The SMILES string of the molecule is NC(=O)c1cccc2c1c1c(C(O)C(=O)O)cccc1n2Cc1ccccc1F. The van der Waals surface area contributed by atoms with Crippen LogP contribution in [0.25, 0.3) is 21.8 Å². The molecule has 29 heavy (non-hydrogen) atoms. The Bertz CT molecular complexity index is 1280. The molecule has 7 heteroatoms. The summed E-state index contributed by atoms with van der Waals surface area (Å²) >= 11 is 0. The first-order chi connectivity index (χ1) is 13.9. The molecule has 1 unspecified atom stereocenters. The topological polar surface area (TPSA) is 106 Å². The molecule has 146 valence electrons. The number of carboxylic acid groups (broad SMARTS) is 1. The highest BCUT2D eigenvalue weighted by atomic mass is 19.1. The van der Waals surface area contributed by atoms with Crippen molar-refractivity contribution in [2.75, 3.05) is 0 Å². The van der Waals surface area contributed by atoms with Gasteiger partial charge >= 0.3 is 5.97 Å². The number of carbonyl (C=O) groups is 2. The van der Waals surface area contributed by atoms with Crippen molar-refractivity contribution in [2.45, 2.75) is 12.6 Å². The molecule has 6 nitrogen and oxygen atoms in total. The van der Waals surface area contributed by atoms with Crippen molar-refractivity contribution in [3.63, 3.8) is 0 Å². The van der Waals surface area contributed by atoms with E-state index in [1.54, 1.807) is 53.1 Å². The molecule has 4 rings (SSSR count). The smallest absolute Gasteiger partial charge is 0.337 e. The molecular formula is C22H17FN2O4. The molecule has 0 bridgehead atoms. The fourth-order valence-electron chi connectivity index (χ4n) is 3.75. The molecule has 0 radical (unpaired) electrons. The summed E-state index contributed by atoms with van der Waals surface area (Å²) < 4.78 is 16.1. The number of rotatable bonds is 5. The number of halogens is 1. The molecule has 1 atom stereocenters. The normalized spacial score (nSPS) is 12.3. The number of amides is 1. The van der Waals surface area contributed by atoms with Crippen LogP contribution in [0, 0.1) is 5.82 Å². The predicted octanol–water partition coefficient (Wildman–Crippen LogP) is 3.20. The zero-order chi connectivity index (χ0) is 20.7. The minimum atomic E-state index is -1.79. The number of hydrogen-bond donors (Lipinski definition) is 3. The number of nitrogens with two attached hydrogens (primary N) is 1. The van der Waals surface area contributed by atoms with Crippen LogP contribution in [0.4, 0.5) is 4.39 Å². The maximum absolute atomic E-state index is 14.3. The summed E-state index contributed by atoms with van der Waals surface area (Å²) in [5.41, 5.74) is 7.48. The first kappa shape index (κ1) is 18.6. The zero-order valence-corrected chi connectivity index (χ0v) is 15.2. The van der Waals surface area contributed by atoms with Gasteiger partial charge in [0, 0.05) is 33.0 Å². The molecule has 0 fully saturated rings. The largest absolute Gasteiger partial charge is 0.479 e. The number of carbonyl (C=O) groups excluding carboxylic acids is 1. The molecule has 0 saturated carbocycles. The summed E-state index contributed by atoms with van der Waals surface area (Å²) in [6, 6.07) is 16.1. The second kappa shape index (κ2) is 7.03. The van der Waals surface area contributed by atoms with Crippen molar-refractivity contribution in [2.24, 2.45) is 5.73 Å². The van der Waals surface area contributed by atoms with Gasteiger partial charge in [0.25, 0.3) is 0 Å². The van der Waals surface area contributed by atoms with Crippen LogP contribution in [0.5, 0.6) is 0 Å². The first-order valence-electron chi connectivity index (χ1n) is 8.88. The van der Waals surface area contributed by atoms with Crippen molar-refractivity contribution < 1.29 is 24.2 Å². The van der Waals surface area contributed by atoms with Gasteiger partial charge in [0.2, 0.25) is 5.91 Å². The van der Waals surface area contributed by atoms with E-state index >= 15 is 0 Å². The summed E-state index contributed by atoms with van der Waals surface area (Å²) in [6.07, 6.45) is -1.79. The van der Waals surface area contributed by atoms with Crippen LogP contribution in [-0.2, 0) is 11.3 Å². The average molecular weight is 392 g/mol. The number of benzene rings is 3. The van der Waals surface area contributed by atoms with E-state index in [0.29, 0.717) is 27.4 Å². The maximum Gasteiger partial charge on any atom is 0.337 e. The van der Waals surface area contributed by atoms with Crippen LogP contribution in [0.3, 0.4) is 0 Å². The third-order valence-corrected chi connectivity index (χ3v) is 5.03. The number of fused-ring (bicyclic) bond motifs is 3. The van der Waals surface area contributed by atoms with Gasteiger partial charge in [-0.25, -0.2) is 9.18 Å². The van der Waals surface area contributed by atoms with Gasteiger partial charge in [0.15, 0.2) is 6.10 Å². The van der Waals surface area contributed by atoms with E-state index < -0.39 is 18.0 Å². The molecule has 1 amide bonds. The second-order valence-corrected chi connectivity index (χ2v) is 6.72. The Kier molecular flexibility index (Phi) is 4.52. The Hall–Kier alpha value is -3.71. The van der Waals surface area contributed by atoms with Gasteiger partial charge in [-0.2, -0.15) is 0 Å². The van der Waals surface area contributed by atoms with Gasteiger partial charge in [-0.05, 0) is 24.3 Å². The lowest BCUT2D eigenvalue weighted by Crippen LogP contribution is -2.12. The number of aliphatic carboxylic acids is 1. The van der Waals surface area contributed by atoms with Gasteiger partial charge in [-0.1, -0.05) is 36.4 Å². The molecule has 0 aliphatic heterocycles. The third kappa shape index (κ3) is 3.01. The number of aliphatic hydroxyl groups is 1. The van der Waals surface area contributed by atoms with Gasteiger partial charge in [0.05, 0.1) is 12.1 Å². The fraction of sp³-hybridized carbons (Fsp3) is 0.0909. The van der Waals surface area contributed by atoms with Crippen LogP contribution < -0.4 is 5.73 Å². The molecule has 3 aromatic carbocycles. The monoisotopic (exact) mass is 392 g/mol. The Morgan fingerprint density at radius 3 is 2.28 bits per heavy atom. The minimum absolute atomic E-state index is 0.140. The van der Waals surface area contributed by atoms with E-state index in [1.807, 2.05) is 0 Å². The highest BCUT2D eigenvalue weighted by molar-refractivity contribution is 6.19. The van der Waals surface area contributed by atoms with Gasteiger partial charge in [0.1, 0.15) is 5.82 Å². The van der Waals surface area contributed by atoms with E-state index in [1.165, 1.54) is 12.1 Å². The van der Waals surface area contributed by atoms with Gasteiger partial charge in [-0.15, -0.1) is 0 Å². The fourth-order valence-corrected chi connectivity index (χ4v) is 3.75. The number of nitrogens with zero attached hydrogens (tertiary/aromatic N) is 1. The minimum Gasteiger partial charge on any atom is -0.479 e. The number of primary amides is 1. The van der Waals surface area contributed by atoms with Gasteiger partial charge < -0.3 is 20.5 Å². The van der Waals surface area contributed by atoms with Crippen molar-refractivity contribution >= 4 is 33.7 Å². The molecular weight excluding hydrogens is 375 g/mol. The summed E-state index contributed by atoms with van der Waals surface area (Å²) in [7, 11) is 0. The van der Waals surface area contributed by atoms with E-state index in [2.05, 4.69) is 0 Å². The number of aliphatic hydroxyl groups excluding tert-OH is 1. The lowest BCUT2D eigenvalue weighted by atomic mass is 9.99. The average Bonchev–Trinajstić information content (AvgIpc) is 3.03. The summed E-state index contributed by atoms with van der Waals surface area (Å²) in [5.74, 6) is -2.47. The predicted molar refractivity (Wildman–Crippen MR) is 106 cm³/mol. The van der Waals surface area contributed by atoms with Crippen LogP contribution >= 0.6 is 0 Å². The van der Waals surface area contributed by atoms with Crippen molar-refractivity contribution in [3.05, 3.63) is 83.2 Å². The molecule has 4 aromatic rings. The number of aromatic nitrogens is 1. The number of carboxylic acids is 1. The van der Waals surface area contributed by atoms with Crippen LogP contribution in [0.1, 0.15) is 27.6 Å². The highest BCUT2D eigenvalue weighted by Crippen LogP contribution is 2.37. The molecule has 0 spiro atoms. The molecule has 0 aliphatic rings.